The summed E-state index contributed by atoms with van der Waals surface area (Å²) in [5.74, 6) is 2.43. The Labute approximate surface area is 61.8 Å². The molecule has 1 heterocycles. The van der Waals surface area contributed by atoms with Gasteiger partial charge in [-0.3, -0.25) is 0 Å². The van der Waals surface area contributed by atoms with E-state index >= 15 is 0 Å². The first-order valence-corrected chi connectivity index (χ1v) is 3.07. The van der Waals surface area contributed by atoms with Gasteiger partial charge in [0.1, 0.15) is 0 Å². The number of nitrogens with zero attached hydrogens (tertiary/aromatic N) is 3. The second-order valence-corrected chi connectivity index (χ2v) is 1.68. The molecule has 5 heteroatoms. The second kappa shape index (κ2) is 3.45. The van der Waals surface area contributed by atoms with E-state index < -0.39 is 0 Å². The molecular weight excluding hydrogens is 181 g/mol. The molecule has 0 saturated heterocycles. The van der Waals surface area contributed by atoms with Gasteiger partial charge in [-0.1, -0.05) is 0 Å². The van der Waals surface area contributed by atoms with Crippen LogP contribution >= 0.6 is 16.1 Å². The molecule has 0 aliphatic heterocycles. The molecule has 0 amide bonds. The van der Waals surface area contributed by atoms with Gasteiger partial charge in [0.2, 0.25) is 0 Å². The molecule has 0 bridgehead atoms. The van der Waals surface area contributed by atoms with Crippen molar-refractivity contribution in [3.05, 3.63) is 18.1 Å². The summed E-state index contributed by atoms with van der Waals surface area (Å²) in [5, 5.41) is 3.64. The molecule has 0 N–H and O–H groups in total. The van der Waals surface area contributed by atoms with Gasteiger partial charge in [-0.15, -0.1) is 0 Å². The quantitative estimate of drug-likeness (QED) is 0.613. The van der Waals surface area contributed by atoms with Crippen molar-refractivity contribution in [1.29, 1.82) is 0 Å². The molecule has 0 fully saturated rings. The van der Waals surface area contributed by atoms with Crippen molar-refractivity contribution < 1.29 is 0 Å². The summed E-state index contributed by atoms with van der Waals surface area (Å²) in [6.07, 6.45) is 0. The fourth-order valence-corrected chi connectivity index (χ4v) is 0.614. The van der Waals surface area contributed by atoms with Gasteiger partial charge >= 0.3 is 61.3 Å². The first-order chi connectivity index (χ1) is 4.43. The van der Waals surface area contributed by atoms with Crippen LogP contribution in [0, 0.1) is 0 Å². The first-order valence-electron chi connectivity index (χ1n) is 2.36. The van der Waals surface area contributed by atoms with Crippen molar-refractivity contribution in [1.82, 2.24) is 4.89 Å². The van der Waals surface area contributed by atoms with Crippen LogP contribution in [0.5, 0.6) is 0 Å². The number of halogens is 1. The SMILES string of the molecule is BrN=Nc1cccbn1. The predicted molar refractivity (Wildman–Crippen MR) is 39.0 cm³/mol. The average molecular weight is 184 g/mol. The van der Waals surface area contributed by atoms with Crippen LogP contribution in [0.4, 0.5) is 5.82 Å². The molecule has 0 aliphatic rings. The standard InChI is InChI=1S/C4H3BBrN3/c6-9-8-4-2-1-3-5-7-4/h1-3H. The Hall–Kier alpha value is -0.575. The van der Waals surface area contributed by atoms with E-state index in [2.05, 4.69) is 30.3 Å². The molecule has 0 saturated carbocycles. The molecule has 1 aromatic rings. The van der Waals surface area contributed by atoms with Gasteiger partial charge in [0.25, 0.3) is 0 Å². The van der Waals surface area contributed by atoms with E-state index in [4.69, 9.17) is 0 Å². The zero-order valence-electron chi connectivity index (χ0n) is 4.53. The second-order valence-electron chi connectivity index (χ2n) is 1.36. The van der Waals surface area contributed by atoms with E-state index in [0.717, 1.165) is 0 Å². The van der Waals surface area contributed by atoms with Gasteiger partial charge in [-0.2, -0.15) is 0 Å². The summed E-state index contributed by atoms with van der Waals surface area (Å²) < 4.78 is 3.38. The van der Waals surface area contributed by atoms with E-state index in [1.54, 1.807) is 13.1 Å². The van der Waals surface area contributed by atoms with Gasteiger partial charge in [0.15, 0.2) is 0 Å². The Morgan fingerprint density at radius 2 is 2.56 bits per heavy atom. The Morgan fingerprint density at radius 3 is 3.11 bits per heavy atom. The minimum atomic E-state index is 0.606. The van der Waals surface area contributed by atoms with Crippen LogP contribution in [0.15, 0.2) is 27.3 Å². The molecule has 44 valence electrons. The molecule has 0 atom stereocenters. The van der Waals surface area contributed by atoms with Crippen LogP contribution in [-0.2, 0) is 0 Å². The number of hydrogen-bond donors (Lipinski definition) is 0. The van der Waals surface area contributed by atoms with Crippen LogP contribution < -0.4 is 0 Å². The van der Waals surface area contributed by atoms with Gasteiger partial charge in [0.05, 0.1) is 0 Å². The molecule has 0 aromatic carbocycles. The van der Waals surface area contributed by atoms with Crippen molar-refractivity contribution in [2.75, 3.05) is 0 Å². The van der Waals surface area contributed by atoms with Crippen LogP contribution in [0.3, 0.4) is 0 Å². The Bertz CT molecular complexity index is 200. The van der Waals surface area contributed by atoms with Crippen LogP contribution in [-0.4, -0.2) is 11.9 Å². The molecule has 0 unspecified atom stereocenters. The van der Waals surface area contributed by atoms with Gasteiger partial charge in [-0.25, -0.2) is 0 Å². The molecule has 9 heavy (non-hydrogen) atoms. The number of hydrogen-bond acceptors (Lipinski definition) is 3. The zero-order chi connectivity index (χ0) is 6.53. The van der Waals surface area contributed by atoms with Crippen LogP contribution in [0.25, 0.3) is 0 Å². The van der Waals surface area contributed by atoms with Crippen molar-refractivity contribution >= 4 is 29.0 Å². The van der Waals surface area contributed by atoms with Gasteiger partial charge in [-0.05, 0) is 0 Å². The summed E-state index contributed by atoms with van der Waals surface area (Å²) in [6.45, 7) is 0. The molecule has 1 aromatic heterocycles. The Morgan fingerprint density at radius 1 is 1.67 bits per heavy atom. The van der Waals surface area contributed by atoms with Crippen molar-refractivity contribution in [2.45, 2.75) is 0 Å². The molecule has 3 nitrogen and oxygen atoms in total. The molecule has 0 radical (unpaired) electrons. The number of rotatable bonds is 1. The third kappa shape index (κ3) is 2.01. The molecule has 0 aliphatic carbocycles. The predicted octanol–water partition coefficient (Wildman–Crippen LogP) is 1.81. The maximum absolute atomic E-state index is 3.88. The van der Waals surface area contributed by atoms with Gasteiger partial charge < -0.3 is 0 Å². The Balaban J connectivity index is 2.85. The van der Waals surface area contributed by atoms with E-state index in [0.29, 0.717) is 5.82 Å². The fourth-order valence-electron chi connectivity index (χ4n) is 0.452. The van der Waals surface area contributed by atoms with E-state index in [-0.39, 0.29) is 0 Å². The molecular formula is C4H3BBrN3. The maximum atomic E-state index is 3.88. The van der Waals surface area contributed by atoms with E-state index in [9.17, 15) is 0 Å². The summed E-state index contributed by atoms with van der Waals surface area (Å²) in [7, 11) is 1.66. The van der Waals surface area contributed by atoms with Crippen molar-refractivity contribution in [2.24, 2.45) is 9.25 Å². The fraction of sp³-hybridized carbons (Fsp3) is 0. The third-order valence-electron chi connectivity index (χ3n) is 0.790. The zero-order valence-corrected chi connectivity index (χ0v) is 6.12. The average Bonchev–Trinajstić information content (AvgIpc) is 1.91. The van der Waals surface area contributed by atoms with Gasteiger partial charge in [0, 0.05) is 0 Å². The monoisotopic (exact) mass is 183 g/mol. The summed E-state index contributed by atoms with van der Waals surface area (Å²) in [4.78, 5) is 3.88. The minimum absolute atomic E-state index is 0.606. The number of aromatic nitrogens is 1. The van der Waals surface area contributed by atoms with Crippen molar-refractivity contribution in [3.63, 3.8) is 0 Å². The normalized spacial score (nSPS) is 9.89. The molecule has 0 spiro atoms. The van der Waals surface area contributed by atoms with Crippen LogP contribution in [0.2, 0.25) is 0 Å². The summed E-state index contributed by atoms with van der Waals surface area (Å²) >= 11 is 2.80. The van der Waals surface area contributed by atoms with Crippen LogP contribution in [0.1, 0.15) is 0 Å². The topological polar surface area (TPSA) is 37.6 Å². The van der Waals surface area contributed by atoms with Crippen molar-refractivity contribution in [3.8, 4) is 0 Å². The summed E-state index contributed by atoms with van der Waals surface area (Å²) in [5.41, 5.74) is 0. The van der Waals surface area contributed by atoms with E-state index in [1.807, 2.05) is 12.0 Å². The first kappa shape index (κ1) is 6.54. The summed E-state index contributed by atoms with van der Waals surface area (Å²) in [6, 6.07) is 3.62. The Kier molecular flexibility index (Phi) is 2.51. The third-order valence-corrected chi connectivity index (χ3v) is 0.948. The molecule has 1 rings (SSSR count). The van der Waals surface area contributed by atoms with E-state index in [1.165, 1.54) is 0 Å².